The highest BCUT2D eigenvalue weighted by molar-refractivity contribution is 5.97. The average Bonchev–Trinajstić information content (AvgIpc) is 3.41. The fourth-order valence-corrected chi connectivity index (χ4v) is 4.79. The number of fused-ring (bicyclic) bond motifs is 1. The first-order valence-corrected chi connectivity index (χ1v) is 12.6. The summed E-state index contributed by atoms with van der Waals surface area (Å²) in [6.45, 7) is 2.50. The van der Waals surface area contributed by atoms with E-state index in [4.69, 9.17) is 10.8 Å². The molecule has 0 aliphatic carbocycles. The summed E-state index contributed by atoms with van der Waals surface area (Å²) in [4.78, 5) is 31.9. The van der Waals surface area contributed by atoms with Crippen molar-refractivity contribution in [3.8, 4) is 5.82 Å². The van der Waals surface area contributed by atoms with Crippen LogP contribution in [0.5, 0.6) is 0 Å². The topological polar surface area (TPSA) is 126 Å². The highest BCUT2D eigenvalue weighted by atomic mass is 16.3. The van der Waals surface area contributed by atoms with Crippen molar-refractivity contribution in [1.29, 1.82) is 0 Å². The van der Waals surface area contributed by atoms with Crippen LogP contribution in [0.1, 0.15) is 32.7 Å². The van der Waals surface area contributed by atoms with Crippen LogP contribution in [0.25, 0.3) is 5.82 Å². The largest absolute Gasteiger partial charge is 0.381 e. The first kappa shape index (κ1) is 25.3. The summed E-state index contributed by atoms with van der Waals surface area (Å²) in [6, 6.07) is 22.1. The normalized spacial score (nSPS) is 14.9. The summed E-state index contributed by atoms with van der Waals surface area (Å²) in [6.07, 6.45) is 3.06. The zero-order chi connectivity index (χ0) is 26.5. The quantitative estimate of drug-likeness (QED) is 0.316. The third kappa shape index (κ3) is 5.80. The molecule has 0 bridgehead atoms. The third-order valence-electron chi connectivity index (χ3n) is 6.78. The molecule has 2 aromatic carbocycles. The third-order valence-corrected chi connectivity index (χ3v) is 6.78. The highest BCUT2D eigenvalue weighted by Gasteiger charge is 2.28. The van der Waals surface area contributed by atoms with E-state index >= 15 is 0 Å². The lowest BCUT2D eigenvalue weighted by molar-refractivity contribution is -0.127. The van der Waals surface area contributed by atoms with Crippen molar-refractivity contribution in [2.24, 2.45) is 5.73 Å². The van der Waals surface area contributed by atoms with Crippen LogP contribution in [0.3, 0.4) is 0 Å². The molecular weight excluding hydrogens is 480 g/mol. The maximum absolute atomic E-state index is 13.3. The summed E-state index contributed by atoms with van der Waals surface area (Å²) >= 11 is 0. The Morgan fingerprint density at radius 3 is 2.55 bits per heavy atom. The maximum Gasteiger partial charge on any atom is 0.255 e. The van der Waals surface area contributed by atoms with E-state index < -0.39 is 24.0 Å². The van der Waals surface area contributed by atoms with Crippen LogP contribution in [0, 0.1) is 0 Å². The number of carbonyl (C=O) groups excluding carboxylic acids is 2. The molecule has 0 radical (unpaired) electrons. The lowest BCUT2D eigenvalue weighted by Crippen LogP contribution is -2.50. The molecule has 2 amide bonds. The maximum atomic E-state index is 13.3. The molecule has 38 heavy (non-hydrogen) atoms. The molecule has 2 aromatic heterocycles. The van der Waals surface area contributed by atoms with Gasteiger partial charge in [0.15, 0.2) is 11.9 Å². The number of aromatic nitrogens is 3. The van der Waals surface area contributed by atoms with Crippen molar-refractivity contribution >= 4 is 11.8 Å². The molecule has 194 valence electrons. The number of nitrogens with two attached hydrogens (primary N) is 1. The summed E-state index contributed by atoms with van der Waals surface area (Å²) in [5.74, 6) is -1.04. The van der Waals surface area contributed by atoms with Crippen molar-refractivity contribution in [3.05, 3.63) is 113 Å². The number of amides is 2. The molecule has 1 aliphatic heterocycles. The number of pyridine rings is 1. The number of aliphatic hydroxyl groups excluding tert-OH is 1. The van der Waals surface area contributed by atoms with Crippen LogP contribution >= 0.6 is 0 Å². The van der Waals surface area contributed by atoms with Gasteiger partial charge in [-0.2, -0.15) is 5.10 Å². The standard InChI is InChI=1S/C29H30N6O3/c30-27(37)26(36)25(17-20-7-2-1-3-8-20)32-29(38)24-11-6-14-31-28(24)35-16-13-23(33-35)19-34-15-12-21-9-4-5-10-22(21)18-34/h1-11,13-14,16,25-26,36H,12,15,17-19H2,(H2,30,37)(H,32,38). The number of hydrogen-bond donors (Lipinski definition) is 3. The molecule has 3 heterocycles. The minimum absolute atomic E-state index is 0.233. The number of carbonyl (C=O) groups is 2. The second-order valence-electron chi connectivity index (χ2n) is 9.47. The van der Waals surface area contributed by atoms with Gasteiger partial charge in [0.25, 0.3) is 5.91 Å². The van der Waals surface area contributed by atoms with Gasteiger partial charge in [0.1, 0.15) is 0 Å². The predicted octanol–water partition coefficient (Wildman–Crippen LogP) is 2.01. The Balaban J connectivity index is 1.32. The van der Waals surface area contributed by atoms with Gasteiger partial charge in [-0.25, -0.2) is 9.67 Å². The van der Waals surface area contributed by atoms with E-state index in [1.165, 1.54) is 11.1 Å². The Hall–Kier alpha value is -4.34. The molecule has 0 saturated heterocycles. The van der Waals surface area contributed by atoms with Gasteiger partial charge >= 0.3 is 0 Å². The number of nitrogens with one attached hydrogen (secondary N) is 1. The van der Waals surface area contributed by atoms with Gasteiger partial charge in [0, 0.05) is 32.0 Å². The van der Waals surface area contributed by atoms with Crippen molar-refractivity contribution in [3.63, 3.8) is 0 Å². The van der Waals surface area contributed by atoms with E-state index in [0.717, 1.165) is 30.8 Å². The van der Waals surface area contributed by atoms with E-state index in [0.29, 0.717) is 12.4 Å². The first-order chi connectivity index (χ1) is 18.5. The van der Waals surface area contributed by atoms with Crippen LogP contribution in [-0.4, -0.2) is 55.3 Å². The van der Waals surface area contributed by atoms with E-state index in [1.807, 2.05) is 36.4 Å². The minimum atomic E-state index is -1.55. The lowest BCUT2D eigenvalue weighted by atomic mass is 10.00. The summed E-state index contributed by atoms with van der Waals surface area (Å²) in [7, 11) is 0. The molecule has 9 heteroatoms. The van der Waals surface area contributed by atoms with Gasteiger partial charge in [0.05, 0.1) is 17.3 Å². The summed E-state index contributed by atoms with van der Waals surface area (Å²) in [5, 5.41) is 17.9. The second-order valence-corrected chi connectivity index (χ2v) is 9.47. The first-order valence-electron chi connectivity index (χ1n) is 12.6. The van der Waals surface area contributed by atoms with Crippen molar-refractivity contribution in [1.82, 2.24) is 25.0 Å². The van der Waals surface area contributed by atoms with Crippen molar-refractivity contribution in [2.45, 2.75) is 38.1 Å². The van der Waals surface area contributed by atoms with Crippen molar-refractivity contribution in [2.75, 3.05) is 6.54 Å². The van der Waals surface area contributed by atoms with Crippen LogP contribution in [0.15, 0.2) is 85.2 Å². The Morgan fingerprint density at radius 2 is 1.76 bits per heavy atom. The smallest absolute Gasteiger partial charge is 0.255 e. The van der Waals surface area contributed by atoms with Crippen LogP contribution in [-0.2, 0) is 30.7 Å². The lowest BCUT2D eigenvalue weighted by Gasteiger charge is -2.27. The summed E-state index contributed by atoms with van der Waals surface area (Å²) in [5.41, 5.74) is 10.1. The zero-order valence-electron chi connectivity index (χ0n) is 20.9. The minimum Gasteiger partial charge on any atom is -0.381 e. The molecule has 0 spiro atoms. The molecule has 4 N–H and O–H groups in total. The molecule has 9 nitrogen and oxygen atoms in total. The Bertz CT molecular complexity index is 1420. The Labute approximate surface area is 220 Å². The van der Waals surface area contributed by atoms with Gasteiger partial charge < -0.3 is 16.2 Å². The molecule has 5 rings (SSSR count). The van der Waals surface area contributed by atoms with Gasteiger partial charge in [-0.15, -0.1) is 0 Å². The van der Waals surface area contributed by atoms with E-state index in [2.05, 4.69) is 39.5 Å². The fourth-order valence-electron chi connectivity index (χ4n) is 4.79. The molecule has 0 fully saturated rings. The molecule has 4 aromatic rings. The SMILES string of the molecule is NC(=O)C(O)C(Cc1ccccc1)NC(=O)c1cccnc1-n1ccc(CN2CCc3ccccc3C2)n1. The van der Waals surface area contributed by atoms with E-state index in [9.17, 15) is 14.7 Å². The second kappa shape index (κ2) is 11.4. The number of rotatable bonds is 9. The molecule has 1 aliphatic rings. The number of aliphatic hydroxyl groups is 1. The Kier molecular flexibility index (Phi) is 7.57. The highest BCUT2D eigenvalue weighted by Crippen LogP contribution is 2.20. The number of hydrogen-bond acceptors (Lipinski definition) is 6. The molecule has 2 atom stereocenters. The fraction of sp³-hybridized carbons (Fsp3) is 0.241. The van der Waals surface area contributed by atoms with Gasteiger partial charge in [-0.3, -0.25) is 14.5 Å². The average molecular weight is 511 g/mol. The number of nitrogens with zero attached hydrogens (tertiary/aromatic N) is 4. The summed E-state index contributed by atoms with van der Waals surface area (Å²) < 4.78 is 1.58. The van der Waals surface area contributed by atoms with Gasteiger partial charge in [0.2, 0.25) is 5.91 Å². The van der Waals surface area contributed by atoms with E-state index in [-0.39, 0.29) is 12.0 Å². The van der Waals surface area contributed by atoms with Gasteiger partial charge in [-0.1, -0.05) is 54.6 Å². The predicted molar refractivity (Wildman–Crippen MR) is 142 cm³/mol. The van der Waals surface area contributed by atoms with E-state index in [1.54, 1.807) is 29.2 Å². The number of benzene rings is 2. The monoisotopic (exact) mass is 510 g/mol. The molecular formula is C29H30N6O3. The Morgan fingerprint density at radius 1 is 1.00 bits per heavy atom. The zero-order valence-corrected chi connectivity index (χ0v) is 20.9. The van der Waals surface area contributed by atoms with Crippen LogP contribution in [0.2, 0.25) is 0 Å². The van der Waals surface area contributed by atoms with Crippen LogP contribution in [0.4, 0.5) is 0 Å². The molecule has 2 unspecified atom stereocenters. The molecule has 0 saturated carbocycles. The van der Waals surface area contributed by atoms with Crippen molar-refractivity contribution < 1.29 is 14.7 Å². The number of primary amides is 1. The van der Waals surface area contributed by atoms with Gasteiger partial charge in [-0.05, 0) is 47.7 Å². The van der Waals surface area contributed by atoms with Crippen LogP contribution < -0.4 is 11.1 Å².